The number of benzene rings is 2. The molecule has 0 amide bonds. The average molecular weight is 346 g/mol. The van der Waals surface area contributed by atoms with Crippen molar-refractivity contribution in [1.82, 2.24) is 10.1 Å². The molecule has 0 atom stereocenters. The molecular formula is C19H14N4O3. The first-order valence-electron chi connectivity index (χ1n) is 7.98. The van der Waals surface area contributed by atoms with E-state index in [9.17, 15) is 10.1 Å². The van der Waals surface area contributed by atoms with Gasteiger partial charge in [-0.05, 0) is 12.1 Å². The summed E-state index contributed by atoms with van der Waals surface area (Å²) in [6, 6.07) is 16.5. The van der Waals surface area contributed by atoms with E-state index in [0.717, 1.165) is 22.3 Å². The van der Waals surface area contributed by atoms with Crippen LogP contribution in [0.2, 0.25) is 0 Å². The van der Waals surface area contributed by atoms with Crippen LogP contribution in [0, 0.1) is 10.1 Å². The summed E-state index contributed by atoms with van der Waals surface area (Å²) in [5.74, 6) is 0.671. The number of nitrogens with zero attached hydrogens (tertiary/aromatic N) is 3. The van der Waals surface area contributed by atoms with Crippen LogP contribution in [0.4, 0.5) is 11.4 Å². The standard InChI is InChI=1S/C19H14N4O3/c24-23(25)19-7-6-17(15-8-9-20-12-16(15)19)21-11-14-10-18(22-26-14)13-4-2-1-3-5-13/h1-10,12,21H,11H2. The zero-order valence-corrected chi connectivity index (χ0v) is 13.6. The molecule has 0 saturated carbocycles. The minimum absolute atomic E-state index is 0.0321. The Morgan fingerprint density at radius 1 is 1.08 bits per heavy atom. The van der Waals surface area contributed by atoms with Crippen molar-refractivity contribution in [1.29, 1.82) is 0 Å². The van der Waals surface area contributed by atoms with E-state index in [0.29, 0.717) is 17.7 Å². The van der Waals surface area contributed by atoms with Crippen molar-refractivity contribution in [2.75, 3.05) is 5.32 Å². The average Bonchev–Trinajstić information content (AvgIpc) is 3.15. The third kappa shape index (κ3) is 2.98. The van der Waals surface area contributed by atoms with Crippen molar-refractivity contribution in [2.24, 2.45) is 0 Å². The maximum Gasteiger partial charge on any atom is 0.278 e. The molecule has 7 heteroatoms. The molecule has 0 aliphatic carbocycles. The first kappa shape index (κ1) is 15.8. The van der Waals surface area contributed by atoms with Crippen LogP contribution in [0.3, 0.4) is 0 Å². The number of hydrogen-bond acceptors (Lipinski definition) is 6. The van der Waals surface area contributed by atoms with Gasteiger partial charge in [0.1, 0.15) is 5.69 Å². The molecule has 0 spiro atoms. The maximum atomic E-state index is 11.2. The lowest BCUT2D eigenvalue weighted by atomic mass is 10.1. The Bertz CT molecular complexity index is 1080. The fraction of sp³-hybridized carbons (Fsp3) is 0.0526. The summed E-state index contributed by atoms with van der Waals surface area (Å²) in [6.45, 7) is 0.412. The van der Waals surface area contributed by atoms with Gasteiger partial charge in [-0.1, -0.05) is 35.5 Å². The topological polar surface area (TPSA) is 94.1 Å². The highest BCUT2D eigenvalue weighted by atomic mass is 16.6. The fourth-order valence-corrected chi connectivity index (χ4v) is 2.81. The lowest BCUT2D eigenvalue weighted by Crippen LogP contribution is -2.00. The Balaban J connectivity index is 1.58. The van der Waals surface area contributed by atoms with Gasteiger partial charge in [0, 0.05) is 41.2 Å². The molecule has 2 aromatic carbocycles. The molecule has 0 aliphatic heterocycles. The summed E-state index contributed by atoms with van der Waals surface area (Å²) in [5, 5.41) is 19.7. The van der Waals surface area contributed by atoms with Crippen molar-refractivity contribution in [3.05, 3.63) is 82.9 Å². The molecule has 4 rings (SSSR count). The first-order valence-corrected chi connectivity index (χ1v) is 7.98. The van der Waals surface area contributed by atoms with E-state index in [-0.39, 0.29) is 5.69 Å². The quantitative estimate of drug-likeness (QED) is 0.425. The highest BCUT2D eigenvalue weighted by molar-refractivity contribution is 5.99. The van der Waals surface area contributed by atoms with E-state index < -0.39 is 4.92 Å². The number of aromatic nitrogens is 2. The van der Waals surface area contributed by atoms with Crippen molar-refractivity contribution in [3.63, 3.8) is 0 Å². The van der Waals surface area contributed by atoms with Gasteiger partial charge in [0.05, 0.1) is 16.9 Å². The minimum atomic E-state index is -0.406. The van der Waals surface area contributed by atoms with Crippen molar-refractivity contribution >= 4 is 22.1 Å². The lowest BCUT2D eigenvalue weighted by Gasteiger charge is -2.08. The van der Waals surface area contributed by atoms with Crippen LogP contribution in [0.5, 0.6) is 0 Å². The molecular weight excluding hydrogens is 332 g/mol. The van der Waals surface area contributed by atoms with Crippen LogP contribution >= 0.6 is 0 Å². The van der Waals surface area contributed by atoms with Crippen LogP contribution in [-0.4, -0.2) is 15.1 Å². The molecule has 0 fully saturated rings. The van der Waals surface area contributed by atoms with Gasteiger partial charge in [0.2, 0.25) is 0 Å². The number of pyridine rings is 1. The van der Waals surface area contributed by atoms with Crippen LogP contribution in [-0.2, 0) is 6.54 Å². The molecule has 2 aromatic heterocycles. The highest BCUT2D eigenvalue weighted by Gasteiger charge is 2.14. The number of hydrogen-bond donors (Lipinski definition) is 1. The number of nitro groups is 1. The molecule has 0 aliphatic rings. The molecule has 2 heterocycles. The van der Waals surface area contributed by atoms with E-state index in [4.69, 9.17) is 4.52 Å². The Hall–Kier alpha value is -3.74. The van der Waals surface area contributed by atoms with E-state index in [2.05, 4.69) is 15.5 Å². The molecule has 26 heavy (non-hydrogen) atoms. The molecule has 128 valence electrons. The summed E-state index contributed by atoms with van der Waals surface area (Å²) in [4.78, 5) is 14.8. The van der Waals surface area contributed by atoms with Gasteiger partial charge in [0.15, 0.2) is 5.76 Å². The number of anilines is 1. The van der Waals surface area contributed by atoms with Crippen LogP contribution in [0.15, 0.2) is 71.5 Å². The van der Waals surface area contributed by atoms with Crippen molar-refractivity contribution < 1.29 is 9.45 Å². The number of nitrogens with one attached hydrogen (secondary N) is 1. The predicted octanol–water partition coefficient (Wildman–Crippen LogP) is 4.41. The molecule has 0 bridgehead atoms. The van der Waals surface area contributed by atoms with E-state index in [1.807, 2.05) is 36.4 Å². The summed E-state index contributed by atoms with van der Waals surface area (Å²) in [6.07, 6.45) is 3.11. The van der Waals surface area contributed by atoms with Gasteiger partial charge >= 0.3 is 0 Å². The van der Waals surface area contributed by atoms with E-state index >= 15 is 0 Å². The zero-order chi connectivity index (χ0) is 17.9. The highest BCUT2D eigenvalue weighted by Crippen LogP contribution is 2.31. The van der Waals surface area contributed by atoms with Crippen LogP contribution < -0.4 is 5.32 Å². The van der Waals surface area contributed by atoms with Gasteiger partial charge < -0.3 is 9.84 Å². The van der Waals surface area contributed by atoms with Crippen molar-refractivity contribution in [3.8, 4) is 11.3 Å². The maximum absolute atomic E-state index is 11.2. The number of nitro benzene ring substituents is 1. The lowest BCUT2D eigenvalue weighted by molar-refractivity contribution is -0.383. The van der Waals surface area contributed by atoms with E-state index in [1.54, 1.807) is 18.3 Å². The second kappa shape index (κ2) is 6.64. The van der Waals surface area contributed by atoms with E-state index in [1.165, 1.54) is 12.3 Å². The number of non-ortho nitro benzene ring substituents is 1. The van der Waals surface area contributed by atoms with Gasteiger partial charge in [-0.25, -0.2) is 0 Å². The SMILES string of the molecule is O=[N+]([O-])c1ccc(NCc2cc(-c3ccccc3)no2)c2ccncc12. The largest absolute Gasteiger partial charge is 0.377 e. The Morgan fingerprint density at radius 2 is 1.92 bits per heavy atom. The molecule has 4 aromatic rings. The zero-order valence-electron chi connectivity index (χ0n) is 13.6. The third-order valence-electron chi connectivity index (χ3n) is 4.07. The van der Waals surface area contributed by atoms with Gasteiger partial charge in [-0.2, -0.15) is 0 Å². The Morgan fingerprint density at radius 3 is 2.73 bits per heavy atom. The van der Waals surface area contributed by atoms with Crippen LogP contribution in [0.1, 0.15) is 5.76 Å². The molecule has 7 nitrogen and oxygen atoms in total. The smallest absolute Gasteiger partial charge is 0.278 e. The fourth-order valence-electron chi connectivity index (χ4n) is 2.81. The second-order valence-electron chi connectivity index (χ2n) is 5.71. The van der Waals surface area contributed by atoms with Gasteiger partial charge in [0.25, 0.3) is 5.69 Å². The molecule has 0 radical (unpaired) electrons. The van der Waals surface area contributed by atoms with Gasteiger partial charge in [-0.3, -0.25) is 15.1 Å². The van der Waals surface area contributed by atoms with Crippen LogP contribution in [0.25, 0.3) is 22.0 Å². The summed E-state index contributed by atoms with van der Waals surface area (Å²) < 4.78 is 5.38. The number of rotatable bonds is 5. The summed E-state index contributed by atoms with van der Waals surface area (Å²) >= 11 is 0. The summed E-state index contributed by atoms with van der Waals surface area (Å²) in [7, 11) is 0. The first-order chi connectivity index (χ1) is 12.7. The predicted molar refractivity (Wildman–Crippen MR) is 97.7 cm³/mol. The Labute approximate surface area is 148 Å². The minimum Gasteiger partial charge on any atom is -0.377 e. The third-order valence-corrected chi connectivity index (χ3v) is 4.07. The molecule has 1 N–H and O–H groups in total. The summed E-state index contributed by atoms with van der Waals surface area (Å²) in [5.41, 5.74) is 2.55. The molecule has 0 unspecified atom stereocenters. The number of fused-ring (bicyclic) bond motifs is 1. The normalized spacial score (nSPS) is 10.8. The van der Waals surface area contributed by atoms with Gasteiger partial charge in [-0.15, -0.1) is 0 Å². The second-order valence-corrected chi connectivity index (χ2v) is 5.71. The Kier molecular flexibility index (Phi) is 4.03. The molecule has 0 saturated heterocycles. The van der Waals surface area contributed by atoms with Crippen molar-refractivity contribution in [2.45, 2.75) is 6.54 Å². The monoisotopic (exact) mass is 346 g/mol.